The summed E-state index contributed by atoms with van der Waals surface area (Å²) in [6.07, 6.45) is 53.4. The van der Waals surface area contributed by atoms with Crippen molar-refractivity contribution in [1.82, 2.24) is 0 Å². The highest BCUT2D eigenvalue weighted by molar-refractivity contribution is 5.83. The maximum atomic E-state index is 6.71. The first-order valence-electron chi connectivity index (χ1n) is 37.1. The summed E-state index contributed by atoms with van der Waals surface area (Å²) < 4.78 is 39.8. The van der Waals surface area contributed by atoms with Crippen LogP contribution in [0.25, 0.3) is 72.9 Å². The summed E-state index contributed by atoms with van der Waals surface area (Å²) >= 11 is 0. The minimum absolute atomic E-state index is 0.651. The van der Waals surface area contributed by atoms with Crippen LogP contribution in [0.4, 0.5) is 0 Å². The molecule has 0 N–H and O–H groups in total. The predicted octanol–water partition coefficient (Wildman–Crippen LogP) is 26.5. The van der Waals surface area contributed by atoms with Crippen LogP contribution in [0.5, 0.6) is 34.5 Å². The third-order valence-electron chi connectivity index (χ3n) is 17.2. The van der Waals surface area contributed by atoms with E-state index in [1.54, 1.807) is 0 Å². The average molecular weight is 1290 g/mol. The summed E-state index contributed by atoms with van der Waals surface area (Å²) in [5.41, 5.74) is 12.7. The van der Waals surface area contributed by atoms with Crippen molar-refractivity contribution >= 4 is 72.9 Å². The van der Waals surface area contributed by atoms with Gasteiger partial charge in [0, 0.05) is 33.4 Å². The summed E-state index contributed by atoms with van der Waals surface area (Å²) in [4.78, 5) is 0. The van der Waals surface area contributed by atoms with Crippen molar-refractivity contribution in [2.75, 3.05) is 39.6 Å². The molecule has 0 fully saturated rings. The van der Waals surface area contributed by atoms with Crippen LogP contribution in [0, 0.1) is 0 Å². The molecule has 0 heterocycles. The number of benzene rings is 7. The Morgan fingerprint density at radius 1 is 0.188 bits per heavy atom. The van der Waals surface area contributed by atoms with E-state index < -0.39 is 0 Å². The fourth-order valence-corrected chi connectivity index (χ4v) is 11.3. The van der Waals surface area contributed by atoms with Gasteiger partial charge in [-0.25, -0.2) is 0 Å². The van der Waals surface area contributed by atoms with Crippen LogP contribution in [0.2, 0.25) is 0 Å². The van der Waals surface area contributed by atoms with Gasteiger partial charge in [-0.15, -0.1) is 0 Å². The third-order valence-corrected chi connectivity index (χ3v) is 17.2. The third kappa shape index (κ3) is 28.2. The van der Waals surface area contributed by atoms with Gasteiger partial charge in [-0.1, -0.05) is 339 Å². The quantitative estimate of drug-likeness (QED) is 0.0280. The normalized spacial score (nSPS) is 11.8. The van der Waals surface area contributed by atoms with Crippen molar-refractivity contribution in [1.29, 1.82) is 0 Å². The molecule has 0 aliphatic heterocycles. The van der Waals surface area contributed by atoms with Crippen LogP contribution in [0.3, 0.4) is 0 Å². The van der Waals surface area contributed by atoms with Gasteiger partial charge in [-0.05, 0) is 108 Å². The molecule has 0 bridgehead atoms. The standard InChI is InChI=1S/C90H114O6/c1-7-13-19-31-61-91-85-69-81(87(93-63-33-21-15-9-3)67-79(85)55-49-73-37-27-25-28-38-73)57-51-75-41-45-77(46-42-75)53-59-83-71-90(96-66-36-24-18-12-6)84(72-89(83)95-65-35-23-17-11-5)60-54-78-47-43-76(44-48-78)52-58-82-70-86(92-62-32-20-14-8-2)80(56-50-74-39-29-26-30-40-74)68-88(82)94-64-34-22-16-10-4/h25-30,37-60,67-72H,7-24,31-36,61-66H2,1-6H3/b55-49+,56-50+,57-51+,58-52+,59-53+,60-54+. The molecule has 96 heavy (non-hydrogen) atoms. The van der Waals surface area contributed by atoms with Gasteiger partial charge in [-0.2, -0.15) is 0 Å². The van der Waals surface area contributed by atoms with Gasteiger partial charge in [0.25, 0.3) is 0 Å². The molecule has 7 aromatic rings. The van der Waals surface area contributed by atoms with Crippen molar-refractivity contribution in [3.8, 4) is 34.5 Å². The van der Waals surface area contributed by atoms with Crippen molar-refractivity contribution < 1.29 is 28.4 Å². The van der Waals surface area contributed by atoms with Gasteiger partial charge in [0.05, 0.1) is 39.6 Å². The Kier molecular flexibility index (Phi) is 36.0. The van der Waals surface area contributed by atoms with Gasteiger partial charge in [0.15, 0.2) is 0 Å². The molecular formula is C90H114O6. The molecule has 0 amide bonds. The van der Waals surface area contributed by atoms with Gasteiger partial charge < -0.3 is 28.4 Å². The van der Waals surface area contributed by atoms with E-state index in [1.807, 2.05) is 0 Å². The van der Waals surface area contributed by atoms with E-state index in [1.165, 1.54) is 77.0 Å². The van der Waals surface area contributed by atoms with Crippen molar-refractivity contribution in [2.45, 2.75) is 196 Å². The van der Waals surface area contributed by atoms with Crippen LogP contribution in [-0.2, 0) is 0 Å². The summed E-state index contributed by atoms with van der Waals surface area (Å²) in [5.74, 6) is 5.19. The highest BCUT2D eigenvalue weighted by atomic mass is 16.5. The van der Waals surface area contributed by atoms with E-state index in [9.17, 15) is 0 Å². The number of rotatable bonds is 48. The van der Waals surface area contributed by atoms with E-state index in [0.29, 0.717) is 39.6 Å². The molecule has 0 saturated carbocycles. The van der Waals surface area contributed by atoms with E-state index in [4.69, 9.17) is 28.4 Å². The number of unbranched alkanes of at least 4 members (excludes halogenated alkanes) is 18. The summed E-state index contributed by atoms with van der Waals surface area (Å²) in [6.45, 7) is 17.5. The molecule has 0 atom stereocenters. The average Bonchev–Trinajstić information content (AvgIpc) is 0.904. The molecule has 7 rings (SSSR count). The number of hydrogen-bond acceptors (Lipinski definition) is 6. The number of ether oxygens (including phenoxy) is 6. The lowest BCUT2D eigenvalue weighted by Crippen LogP contribution is -2.03. The Morgan fingerprint density at radius 2 is 0.354 bits per heavy atom. The molecule has 7 aromatic carbocycles. The van der Waals surface area contributed by atoms with Gasteiger partial charge in [0.2, 0.25) is 0 Å². The zero-order valence-electron chi connectivity index (χ0n) is 59.4. The first kappa shape index (κ1) is 75.2. The highest BCUT2D eigenvalue weighted by Gasteiger charge is 2.15. The van der Waals surface area contributed by atoms with Crippen molar-refractivity contribution in [2.24, 2.45) is 0 Å². The Labute approximate surface area is 580 Å². The second kappa shape index (κ2) is 46.0. The number of hydrogen-bond donors (Lipinski definition) is 0. The maximum Gasteiger partial charge on any atom is 0.127 e. The van der Waals surface area contributed by atoms with Crippen LogP contribution < -0.4 is 28.4 Å². The Balaban J connectivity index is 1.14. The van der Waals surface area contributed by atoms with E-state index in [2.05, 4.69) is 260 Å². The fraction of sp³-hybridized carbons (Fsp3) is 0.400. The Morgan fingerprint density at radius 3 is 0.521 bits per heavy atom. The zero-order chi connectivity index (χ0) is 67.3. The minimum Gasteiger partial charge on any atom is -0.493 e. The second-order valence-electron chi connectivity index (χ2n) is 25.4. The molecule has 0 saturated heterocycles. The largest absolute Gasteiger partial charge is 0.493 e. The molecule has 0 unspecified atom stereocenters. The lowest BCUT2D eigenvalue weighted by molar-refractivity contribution is 0.296. The first-order valence-corrected chi connectivity index (χ1v) is 37.1. The molecular weight excluding hydrogens is 1180 g/mol. The SMILES string of the molecule is CCCCCCOc1cc(/C=C/c2ccc(/C=C/c3cc(OCCCCCC)c(/C=C/c4ccc(/C=C/c5cc(OCCCCCC)c(/C=C/c6ccccc6)cc5OCCCCCC)cc4)cc3OCCCCCC)cc2)c(OCCCCCC)cc1/C=C/c1ccccc1. The Hall–Kier alpha value is -8.22. The monoisotopic (exact) mass is 1290 g/mol. The zero-order valence-corrected chi connectivity index (χ0v) is 59.4. The van der Waals surface area contributed by atoms with E-state index in [0.717, 1.165) is 178 Å². The maximum absolute atomic E-state index is 6.71. The van der Waals surface area contributed by atoms with Crippen LogP contribution >= 0.6 is 0 Å². The van der Waals surface area contributed by atoms with Crippen LogP contribution in [-0.4, -0.2) is 39.6 Å². The minimum atomic E-state index is 0.651. The van der Waals surface area contributed by atoms with Crippen molar-refractivity contribution in [3.05, 3.63) is 212 Å². The lowest BCUT2D eigenvalue weighted by atomic mass is 10.0. The topological polar surface area (TPSA) is 55.4 Å². The van der Waals surface area contributed by atoms with Gasteiger partial charge in [-0.3, -0.25) is 0 Å². The fourth-order valence-electron chi connectivity index (χ4n) is 11.3. The van der Waals surface area contributed by atoms with Crippen LogP contribution in [0.15, 0.2) is 146 Å². The lowest BCUT2D eigenvalue weighted by Gasteiger charge is -2.16. The smallest absolute Gasteiger partial charge is 0.127 e. The predicted molar refractivity (Wildman–Crippen MR) is 416 cm³/mol. The molecule has 0 aromatic heterocycles. The summed E-state index contributed by atoms with van der Waals surface area (Å²) in [5, 5.41) is 0. The van der Waals surface area contributed by atoms with Crippen molar-refractivity contribution in [3.63, 3.8) is 0 Å². The molecule has 6 heteroatoms. The Bertz CT molecular complexity index is 3210. The summed E-state index contributed by atoms with van der Waals surface area (Å²) in [6, 6.07) is 51.4. The first-order chi connectivity index (χ1) is 47.4. The van der Waals surface area contributed by atoms with Gasteiger partial charge >= 0.3 is 0 Å². The van der Waals surface area contributed by atoms with Crippen LogP contribution in [0.1, 0.15) is 262 Å². The second-order valence-corrected chi connectivity index (χ2v) is 25.4. The highest BCUT2D eigenvalue weighted by Crippen LogP contribution is 2.37. The molecule has 6 nitrogen and oxygen atoms in total. The summed E-state index contributed by atoms with van der Waals surface area (Å²) in [7, 11) is 0. The molecule has 0 aliphatic rings. The molecule has 0 aliphatic carbocycles. The molecule has 0 spiro atoms. The van der Waals surface area contributed by atoms with E-state index >= 15 is 0 Å². The van der Waals surface area contributed by atoms with Gasteiger partial charge in [0.1, 0.15) is 34.5 Å². The van der Waals surface area contributed by atoms with E-state index in [-0.39, 0.29) is 0 Å². The molecule has 0 radical (unpaired) electrons. The molecule has 510 valence electrons.